The Bertz CT molecular complexity index is 455. The van der Waals surface area contributed by atoms with Crippen LogP contribution < -0.4 is 0 Å². The van der Waals surface area contributed by atoms with Crippen LogP contribution in [0.4, 0.5) is 0 Å². The molecule has 2 heteroatoms. The summed E-state index contributed by atoms with van der Waals surface area (Å²) in [5.41, 5.74) is 1.06. The summed E-state index contributed by atoms with van der Waals surface area (Å²) in [6.07, 6.45) is 19.1. The van der Waals surface area contributed by atoms with Gasteiger partial charge in [0.05, 0.1) is 0 Å². The van der Waals surface area contributed by atoms with Crippen LogP contribution in [0.1, 0.15) is 122 Å². The van der Waals surface area contributed by atoms with Gasteiger partial charge in [-0.15, -0.1) is 0 Å². The second-order valence-corrected chi connectivity index (χ2v) is 7.89. The van der Waals surface area contributed by atoms with Crippen molar-refractivity contribution in [2.24, 2.45) is 0 Å². The summed E-state index contributed by atoms with van der Waals surface area (Å²) in [5, 5.41) is 0. The van der Waals surface area contributed by atoms with Gasteiger partial charge in [0, 0.05) is 6.42 Å². The normalized spacial score (nSPS) is 12.1. The number of rotatable bonds is 17. The molecule has 0 N–H and O–H groups in total. The SMILES string of the molecule is CCCCCCCCCCCCCCCCC(=O)O[C@@H](C)c1ccccc1. The third-order valence-corrected chi connectivity index (χ3v) is 5.31. The maximum atomic E-state index is 11.9. The maximum absolute atomic E-state index is 11.9. The molecule has 0 bridgehead atoms. The molecule has 154 valence electrons. The standard InChI is InChI=1S/C25H42O2/c1-3-4-5-6-7-8-9-10-11-12-13-14-15-19-22-25(26)27-23(2)24-20-17-16-18-21-24/h16-18,20-21,23H,3-15,19,22H2,1-2H3/t23-/m0/s1. The number of ether oxygens (including phenoxy) is 1. The van der Waals surface area contributed by atoms with Crippen LogP contribution >= 0.6 is 0 Å². The van der Waals surface area contributed by atoms with Crippen LogP contribution in [-0.2, 0) is 9.53 Å². The molecule has 0 fully saturated rings. The van der Waals surface area contributed by atoms with Crippen LogP contribution in [0.15, 0.2) is 30.3 Å². The summed E-state index contributed by atoms with van der Waals surface area (Å²) in [7, 11) is 0. The van der Waals surface area contributed by atoms with Crippen molar-refractivity contribution in [2.75, 3.05) is 0 Å². The number of unbranched alkanes of at least 4 members (excludes halogenated alkanes) is 13. The third kappa shape index (κ3) is 13.5. The first kappa shape index (κ1) is 23.7. The first-order valence-corrected chi connectivity index (χ1v) is 11.5. The zero-order valence-electron chi connectivity index (χ0n) is 17.9. The van der Waals surface area contributed by atoms with Crippen LogP contribution in [0, 0.1) is 0 Å². The van der Waals surface area contributed by atoms with Gasteiger partial charge in [-0.3, -0.25) is 4.79 Å². The minimum absolute atomic E-state index is 0.0645. The molecule has 1 aromatic rings. The van der Waals surface area contributed by atoms with Gasteiger partial charge in [0.2, 0.25) is 0 Å². The Morgan fingerprint density at radius 1 is 0.741 bits per heavy atom. The fraction of sp³-hybridized carbons (Fsp3) is 0.720. The summed E-state index contributed by atoms with van der Waals surface area (Å²) in [6, 6.07) is 9.95. The van der Waals surface area contributed by atoms with E-state index in [-0.39, 0.29) is 12.1 Å². The van der Waals surface area contributed by atoms with Gasteiger partial charge >= 0.3 is 5.97 Å². The monoisotopic (exact) mass is 374 g/mol. The Hall–Kier alpha value is -1.31. The third-order valence-electron chi connectivity index (χ3n) is 5.31. The van der Waals surface area contributed by atoms with Crippen LogP contribution in [0.2, 0.25) is 0 Å². The van der Waals surface area contributed by atoms with E-state index in [9.17, 15) is 4.79 Å². The number of hydrogen-bond donors (Lipinski definition) is 0. The van der Waals surface area contributed by atoms with E-state index < -0.39 is 0 Å². The first-order valence-electron chi connectivity index (χ1n) is 11.5. The van der Waals surface area contributed by atoms with Crippen molar-refractivity contribution in [2.45, 2.75) is 116 Å². The van der Waals surface area contributed by atoms with Crippen LogP contribution in [0.25, 0.3) is 0 Å². The molecule has 1 atom stereocenters. The summed E-state index contributed by atoms with van der Waals surface area (Å²) in [4.78, 5) is 11.9. The van der Waals surface area contributed by atoms with E-state index in [2.05, 4.69) is 6.92 Å². The minimum atomic E-state index is -0.148. The zero-order valence-corrected chi connectivity index (χ0v) is 17.9. The topological polar surface area (TPSA) is 26.3 Å². The smallest absolute Gasteiger partial charge is 0.306 e. The molecule has 0 aromatic heterocycles. The first-order chi connectivity index (χ1) is 13.2. The molecule has 1 rings (SSSR count). The van der Waals surface area contributed by atoms with Gasteiger partial charge in [0.25, 0.3) is 0 Å². The maximum Gasteiger partial charge on any atom is 0.306 e. The van der Waals surface area contributed by atoms with Crippen LogP contribution in [0.5, 0.6) is 0 Å². The fourth-order valence-electron chi connectivity index (χ4n) is 3.51. The van der Waals surface area contributed by atoms with E-state index in [4.69, 9.17) is 4.74 Å². The Morgan fingerprint density at radius 2 is 1.19 bits per heavy atom. The van der Waals surface area contributed by atoms with Gasteiger partial charge in [0.15, 0.2) is 0 Å². The van der Waals surface area contributed by atoms with Crippen molar-refractivity contribution in [1.29, 1.82) is 0 Å². The average Bonchev–Trinajstić information content (AvgIpc) is 2.69. The van der Waals surface area contributed by atoms with E-state index >= 15 is 0 Å². The molecule has 1 aromatic carbocycles. The summed E-state index contributed by atoms with van der Waals surface area (Å²) >= 11 is 0. The minimum Gasteiger partial charge on any atom is -0.458 e. The molecule has 0 amide bonds. The van der Waals surface area contributed by atoms with E-state index in [0.29, 0.717) is 6.42 Å². The molecule has 0 aliphatic rings. The van der Waals surface area contributed by atoms with Gasteiger partial charge in [0.1, 0.15) is 6.10 Å². The molecule has 0 radical (unpaired) electrons. The van der Waals surface area contributed by atoms with Crippen molar-refractivity contribution in [1.82, 2.24) is 0 Å². The van der Waals surface area contributed by atoms with Crippen LogP contribution in [-0.4, -0.2) is 5.97 Å². The highest BCUT2D eigenvalue weighted by Crippen LogP contribution is 2.18. The molecule has 0 aliphatic heterocycles. The molecule has 27 heavy (non-hydrogen) atoms. The predicted molar refractivity (Wildman–Crippen MR) is 116 cm³/mol. The summed E-state index contributed by atoms with van der Waals surface area (Å²) in [5.74, 6) is -0.0645. The molecular weight excluding hydrogens is 332 g/mol. The Morgan fingerprint density at radius 3 is 1.67 bits per heavy atom. The lowest BCUT2D eigenvalue weighted by Gasteiger charge is -2.13. The molecule has 0 saturated carbocycles. The van der Waals surface area contributed by atoms with Crippen LogP contribution in [0.3, 0.4) is 0 Å². The van der Waals surface area contributed by atoms with Crippen molar-refractivity contribution in [3.05, 3.63) is 35.9 Å². The highest BCUT2D eigenvalue weighted by Gasteiger charge is 2.10. The highest BCUT2D eigenvalue weighted by atomic mass is 16.5. The van der Waals surface area contributed by atoms with Gasteiger partial charge in [-0.2, -0.15) is 0 Å². The van der Waals surface area contributed by atoms with Gasteiger partial charge < -0.3 is 4.74 Å². The van der Waals surface area contributed by atoms with Crippen molar-refractivity contribution >= 4 is 5.97 Å². The molecular formula is C25H42O2. The molecule has 0 spiro atoms. The van der Waals surface area contributed by atoms with E-state index in [1.807, 2.05) is 37.3 Å². The van der Waals surface area contributed by atoms with E-state index in [0.717, 1.165) is 18.4 Å². The number of carbonyl (C=O) groups excluding carboxylic acids is 1. The number of hydrogen-bond acceptors (Lipinski definition) is 2. The Balaban J connectivity index is 1.85. The number of benzene rings is 1. The number of carbonyl (C=O) groups is 1. The highest BCUT2D eigenvalue weighted by molar-refractivity contribution is 5.69. The van der Waals surface area contributed by atoms with Gasteiger partial charge in [-0.05, 0) is 18.9 Å². The molecule has 0 heterocycles. The van der Waals surface area contributed by atoms with Gasteiger partial charge in [-0.25, -0.2) is 0 Å². The molecule has 0 saturated heterocycles. The second-order valence-electron chi connectivity index (χ2n) is 7.89. The summed E-state index contributed by atoms with van der Waals surface area (Å²) < 4.78 is 5.51. The fourth-order valence-corrected chi connectivity index (χ4v) is 3.51. The van der Waals surface area contributed by atoms with Gasteiger partial charge in [-0.1, -0.05) is 121 Å². The van der Waals surface area contributed by atoms with E-state index in [1.54, 1.807) is 0 Å². The lowest BCUT2D eigenvalue weighted by molar-refractivity contribution is -0.148. The predicted octanol–water partition coefficient (Wildman–Crippen LogP) is 8.16. The lowest BCUT2D eigenvalue weighted by atomic mass is 10.0. The van der Waals surface area contributed by atoms with E-state index in [1.165, 1.54) is 77.0 Å². The van der Waals surface area contributed by atoms with Crippen molar-refractivity contribution < 1.29 is 9.53 Å². The molecule has 0 unspecified atom stereocenters. The lowest BCUT2D eigenvalue weighted by Crippen LogP contribution is -2.08. The average molecular weight is 375 g/mol. The van der Waals surface area contributed by atoms with Crippen molar-refractivity contribution in [3.8, 4) is 0 Å². The Labute approximate surface area is 168 Å². The molecule has 0 aliphatic carbocycles. The zero-order chi connectivity index (χ0) is 19.6. The summed E-state index contributed by atoms with van der Waals surface area (Å²) in [6.45, 7) is 4.22. The number of esters is 1. The Kier molecular flexibility index (Phi) is 14.8. The molecule has 2 nitrogen and oxygen atoms in total. The second kappa shape index (κ2) is 16.8. The van der Waals surface area contributed by atoms with Crippen molar-refractivity contribution in [3.63, 3.8) is 0 Å². The largest absolute Gasteiger partial charge is 0.458 e. The quantitative estimate of drug-likeness (QED) is 0.203.